The average molecular weight is 415 g/mol. The van der Waals surface area contributed by atoms with Crippen molar-refractivity contribution in [2.24, 2.45) is 0 Å². The maximum atomic E-state index is 13.0. The van der Waals surface area contributed by atoms with Gasteiger partial charge in [-0.1, -0.05) is 11.6 Å². The first-order chi connectivity index (χ1) is 13.9. The number of halogens is 1. The average Bonchev–Trinajstić information content (AvgIpc) is 3.20. The second-order valence-electron chi connectivity index (χ2n) is 7.50. The van der Waals surface area contributed by atoms with Gasteiger partial charge >= 0.3 is 0 Å². The fourth-order valence-electron chi connectivity index (χ4n) is 4.05. The maximum absolute atomic E-state index is 13.0. The molecule has 8 heteroatoms. The molecule has 2 aliphatic rings. The fraction of sp³-hybridized carbons (Fsp3) is 0.429. The molecule has 1 fully saturated rings. The van der Waals surface area contributed by atoms with Crippen LogP contribution >= 0.6 is 11.6 Å². The Kier molecular flexibility index (Phi) is 5.17. The molecule has 0 spiro atoms. The predicted octanol–water partition coefficient (Wildman–Crippen LogP) is 2.99. The van der Waals surface area contributed by atoms with Gasteiger partial charge in [-0.3, -0.25) is 14.5 Å². The number of hydrogen-bond acceptors (Lipinski definition) is 5. The van der Waals surface area contributed by atoms with Crippen LogP contribution in [0.5, 0.6) is 5.75 Å². The topological polar surface area (TPSA) is 75.6 Å². The molecule has 29 heavy (non-hydrogen) atoms. The second-order valence-corrected chi connectivity index (χ2v) is 7.94. The van der Waals surface area contributed by atoms with E-state index in [0.29, 0.717) is 53.9 Å². The van der Waals surface area contributed by atoms with Crippen LogP contribution < -0.4 is 9.64 Å². The third-order valence-electron chi connectivity index (χ3n) is 5.72. The van der Waals surface area contributed by atoms with E-state index in [2.05, 4.69) is 0 Å². The number of aromatic nitrogens is 2. The number of anilines is 1. The van der Waals surface area contributed by atoms with Crippen molar-refractivity contribution in [3.8, 4) is 5.75 Å². The fourth-order valence-corrected chi connectivity index (χ4v) is 4.22. The van der Waals surface area contributed by atoms with E-state index in [1.807, 2.05) is 6.92 Å². The molecular weight excluding hydrogens is 392 g/mol. The molecule has 2 aromatic rings. The minimum absolute atomic E-state index is 0.0264. The first kappa shape index (κ1) is 19.6. The molecule has 2 amide bonds. The van der Waals surface area contributed by atoms with E-state index in [1.165, 1.54) is 7.11 Å². The van der Waals surface area contributed by atoms with E-state index in [9.17, 15) is 9.59 Å². The molecule has 0 radical (unpaired) electrons. The lowest BCUT2D eigenvalue weighted by molar-refractivity contribution is -0.118. The SMILES string of the molecule is COc1ccc(Cl)cc1C(=O)N1CC[C@H](c2nc(C)c3c(n2)N(C)C(=O)CC3)C1. The number of amides is 2. The lowest BCUT2D eigenvalue weighted by Crippen LogP contribution is -2.33. The van der Waals surface area contributed by atoms with Gasteiger partial charge in [-0.05, 0) is 38.0 Å². The normalized spacial score (nSPS) is 18.8. The third kappa shape index (κ3) is 3.55. The van der Waals surface area contributed by atoms with Crippen molar-refractivity contribution in [2.45, 2.75) is 32.1 Å². The first-order valence-electron chi connectivity index (χ1n) is 9.65. The van der Waals surface area contributed by atoms with Crippen molar-refractivity contribution in [3.63, 3.8) is 0 Å². The molecule has 0 unspecified atom stereocenters. The molecule has 1 aromatic heterocycles. The summed E-state index contributed by atoms with van der Waals surface area (Å²) in [5.41, 5.74) is 2.39. The Bertz CT molecular complexity index is 994. The van der Waals surface area contributed by atoms with E-state index in [1.54, 1.807) is 35.0 Å². The van der Waals surface area contributed by atoms with Gasteiger partial charge < -0.3 is 9.64 Å². The molecule has 3 heterocycles. The molecule has 0 bridgehead atoms. The Labute approximate surface area is 174 Å². The molecule has 2 aliphatic heterocycles. The summed E-state index contributed by atoms with van der Waals surface area (Å²) in [4.78, 5) is 37.9. The number of nitrogens with zero attached hydrogens (tertiary/aromatic N) is 4. The zero-order valence-corrected chi connectivity index (χ0v) is 17.5. The Balaban J connectivity index is 1.58. The summed E-state index contributed by atoms with van der Waals surface area (Å²) in [5.74, 6) is 1.87. The zero-order valence-electron chi connectivity index (χ0n) is 16.7. The molecule has 1 atom stereocenters. The van der Waals surface area contributed by atoms with Gasteiger partial charge in [0, 0.05) is 48.8 Å². The van der Waals surface area contributed by atoms with E-state index >= 15 is 0 Å². The molecule has 1 saturated heterocycles. The molecule has 0 N–H and O–H groups in total. The van der Waals surface area contributed by atoms with Crippen LogP contribution in [0, 0.1) is 6.92 Å². The number of likely N-dealkylation sites (tertiary alicyclic amines) is 1. The molecule has 0 saturated carbocycles. The summed E-state index contributed by atoms with van der Waals surface area (Å²) < 4.78 is 5.32. The molecule has 1 aromatic carbocycles. The molecule has 7 nitrogen and oxygen atoms in total. The van der Waals surface area contributed by atoms with Crippen LogP contribution in [0.2, 0.25) is 5.02 Å². The van der Waals surface area contributed by atoms with Gasteiger partial charge in [0.05, 0.1) is 12.7 Å². The molecule has 4 rings (SSSR count). The quantitative estimate of drug-likeness (QED) is 0.771. The van der Waals surface area contributed by atoms with Crippen molar-refractivity contribution in [1.29, 1.82) is 0 Å². The van der Waals surface area contributed by atoms with Crippen molar-refractivity contribution < 1.29 is 14.3 Å². The highest BCUT2D eigenvalue weighted by Gasteiger charge is 2.33. The van der Waals surface area contributed by atoms with Crippen LogP contribution in [0.25, 0.3) is 0 Å². The number of hydrogen-bond donors (Lipinski definition) is 0. The number of ether oxygens (including phenoxy) is 1. The number of fused-ring (bicyclic) bond motifs is 1. The monoisotopic (exact) mass is 414 g/mol. The second kappa shape index (κ2) is 7.63. The molecule has 152 valence electrons. The predicted molar refractivity (Wildman–Crippen MR) is 110 cm³/mol. The van der Waals surface area contributed by atoms with Gasteiger partial charge in [0.2, 0.25) is 5.91 Å². The zero-order chi connectivity index (χ0) is 20.7. The number of carbonyl (C=O) groups excluding carboxylic acids is 2. The van der Waals surface area contributed by atoms with Crippen LogP contribution in [0.15, 0.2) is 18.2 Å². The summed E-state index contributed by atoms with van der Waals surface area (Å²) in [6.07, 6.45) is 1.93. The minimum atomic E-state index is -0.117. The minimum Gasteiger partial charge on any atom is -0.496 e. The number of aryl methyl sites for hydroxylation is 1. The van der Waals surface area contributed by atoms with Crippen molar-refractivity contribution in [2.75, 3.05) is 32.1 Å². The number of rotatable bonds is 3. The van der Waals surface area contributed by atoms with Crippen LogP contribution in [-0.4, -0.2) is 53.9 Å². The first-order valence-corrected chi connectivity index (χ1v) is 10.0. The van der Waals surface area contributed by atoms with E-state index in [0.717, 1.165) is 17.7 Å². The maximum Gasteiger partial charge on any atom is 0.257 e. The van der Waals surface area contributed by atoms with Crippen LogP contribution in [0.3, 0.4) is 0 Å². The largest absolute Gasteiger partial charge is 0.496 e. The number of carbonyl (C=O) groups is 2. The summed E-state index contributed by atoms with van der Waals surface area (Å²) in [7, 11) is 3.29. The standard InChI is InChI=1S/C21H23ClN4O3/c1-12-15-5-7-18(27)25(2)20(15)24-19(23-12)13-8-9-26(11-13)21(28)16-10-14(22)4-6-17(16)29-3/h4,6,10,13H,5,7-9,11H2,1-3H3/t13-/m0/s1. The number of methoxy groups -OCH3 is 1. The smallest absolute Gasteiger partial charge is 0.257 e. The summed E-state index contributed by atoms with van der Waals surface area (Å²) in [5, 5.41) is 0.492. The van der Waals surface area contributed by atoms with Gasteiger partial charge in [-0.2, -0.15) is 0 Å². The van der Waals surface area contributed by atoms with Crippen LogP contribution in [-0.2, 0) is 11.2 Å². The summed E-state index contributed by atoms with van der Waals surface area (Å²) in [6.45, 7) is 3.08. The highest BCUT2D eigenvalue weighted by Crippen LogP contribution is 2.33. The van der Waals surface area contributed by atoms with Gasteiger partial charge in [0.25, 0.3) is 5.91 Å². The van der Waals surface area contributed by atoms with E-state index in [4.69, 9.17) is 26.3 Å². The summed E-state index contributed by atoms with van der Waals surface area (Å²) >= 11 is 6.08. The molecular formula is C21H23ClN4O3. The lowest BCUT2D eigenvalue weighted by atomic mass is 10.0. The van der Waals surface area contributed by atoms with Crippen LogP contribution in [0.4, 0.5) is 5.82 Å². The van der Waals surface area contributed by atoms with Crippen molar-refractivity contribution >= 4 is 29.2 Å². The van der Waals surface area contributed by atoms with Crippen molar-refractivity contribution in [3.05, 3.63) is 45.9 Å². The van der Waals surface area contributed by atoms with Gasteiger partial charge in [-0.15, -0.1) is 0 Å². The Hall–Kier alpha value is -2.67. The van der Waals surface area contributed by atoms with E-state index in [-0.39, 0.29) is 17.7 Å². The third-order valence-corrected chi connectivity index (χ3v) is 5.96. The molecule has 0 aliphatic carbocycles. The number of benzene rings is 1. The Morgan fingerprint density at radius 2 is 2.07 bits per heavy atom. The lowest BCUT2D eigenvalue weighted by Gasteiger charge is -2.26. The Morgan fingerprint density at radius 1 is 1.28 bits per heavy atom. The highest BCUT2D eigenvalue weighted by molar-refractivity contribution is 6.31. The van der Waals surface area contributed by atoms with E-state index < -0.39 is 0 Å². The van der Waals surface area contributed by atoms with Crippen LogP contribution in [0.1, 0.15) is 46.2 Å². The Morgan fingerprint density at radius 3 is 2.83 bits per heavy atom. The van der Waals surface area contributed by atoms with Crippen molar-refractivity contribution in [1.82, 2.24) is 14.9 Å². The van der Waals surface area contributed by atoms with Gasteiger partial charge in [-0.25, -0.2) is 9.97 Å². The van der Waals surface area contributed by atoms with Gasteiger partial charge in [0.1, 0.15) is 17.4 Å². The summed E-state index contributed by atoms with van der Waals surface area (Å²) in [6, 6.07) is 5.04. The van der Waals surface area contributed by atoms with Gasteiger partial charge in [0.15, 0.2) is 0 Å². The highest BCUT2D eigenvalue weighted by atomic mass is 35.5.